The molecule has 3 heteroatoms. The van der Waals surface area contributed by atoms with Crippen LogP contribution in [0.15, 0.2) is 18.2 Å². The van der Waals surface area contributed by atoms with E-state index >= 15 is 0 Å². The number of anilines is 1. The van der Waals surface area contributed by atoms with Crippen LogP contribution in [0.5, 0.6) is 5.75 Å². The van der Waals surface area contributed by atoms with Gasteiger partial charge in [0.1, 0.15) is 20.2 Å². The van der Waals surface area contributed by atoms with Gasteiger partial charge in [-0.25, -0.2) is 0 Å². The van der Waals surface area contributed by atoms with Gasteiger partial charge in [-0.1, -0.05) is 25.4 Å². The molecule has 14 heavy (non-hydrogen) atoms. The number of rotatable bonds is 0. The van der Waals surface area contributed by atoms with Crippen LogP contribution in [0.1, 0.15) is 20.8 Å². The van der Waals surface area contributed by atoms with Gasteiger partial charge in [0, 0.05) is 0 Å². The Morgan fingerprint density at radius 2 is 2.14 bits per heavy atom. The summed E-state index contributed by atoms with van der Waals surface area (Å²) >= 11 is 0. The molecule has 0 bridgehead atoms. The molecule has 1 unspecified atom stereocenters. The summed E-state index contributed by atoms with van der Waals surface area (Å²) in [4.78, 5) is 0. The van der Waals surface area contributed by atoms with Crippen LogP contribution < -0.4 is 15.5 Å². The molecular formula is C11H16BNO. The minimum Gasteiger partial charge on any atom is -0.489 e. The Kier molecular flexibility index (Phi) is 3.87. The van der Waals surface area contributed by atoms with Crippen LogP contribution in [0, 0.1) is 0 Å². The van der Waals surface area contributed by atoms with Gasteiger partial charge in [0.15, 0.2) is 0 Å². The Hall–Kier alpha value is -1.12. The molecule has 1 heterocycles. The largest absolute Gasteiger partial charge is 0.489 e. The molecule has 0 saturated carbocycles. The SMILES string of the molecule is CC.[B]c1ccc2c(c1)NC(C)CO2. The van der Waals surface area contributed by atoms with E-state index in [1.807, 2.05) is 32.0 Å². The lowest BCUT2D eigenvalue weighted by atomic mass is 9.95. The molecule has 1 aromatic carbocycles. The van der Waals surface area contributed by atoms with Crippen LogP contribution in [-0.2, 0) is 0 Å². The summed E-state index contributed by atoms with van der Waals surface area (Å²) in [6, 6.07) is 5.99. The summed E-state index contributed by atoms with van der Waals surface area (Å²) in [6.07, 6.45) is 0. The van der Waals surface area contributed by atoms with Gasteiger partial charge in [-0.3, -0.25) is 0 Å². The lowest BCUT2D eigenvalue weighted by Crippen LogP contribution is -2.28. The zero-order valence-corrected chi connectivity index (χ0v) is 9.00. The Morgan fingerprint density at radius 1 is 1.43 bits per heavy atom. The Bertz CT molecular complexity index is 301. The van der Waals surface area contributed by atoms with E-state index in [2.05, 4.69) is 12.2 Å². The monoisotopic (exact) mass is 189 g/mol. The molecule has 2 rings (SSSR count). The first-order valence-electron chi connectivity index (χ1n) is 5.04. The van der Waals surface area contributed by atoms with Gasteiger partial charge >= 0.3 is 0 Å². The maximum absolute atomic E-state index is 5.63. The van der Waals surface area contributed by atoms with Crippen LogP contribution >= 0.6 is 0 Å². The van der Waals surface area contributed by atoms with Gasteiger partial charge < -0.3 is 10.1 Å². The lowest BCUT2D eigenvalue weighted by Gasteiger charge is -2.24. The smallest absolute Gasteiger partial charge is 0.142 e. The van der Waals surface area contributed by atoms with E-state index in [0.29, 0.717) is 6.04 Å². The molecule has 1 N–H and O–H groups in total. The first-order valence-corrected chi connectivity index (χ1v) is 5.04. The molecule has 1 aliphatic heterocycles. The number of ether oxygens (including phenoxy) is 1. The van der Waals surface area contributed by atoms with E-state index < -0.39 is 0 Å². The first-order chi connectivity index (χ1) is 6.75. The van der Waals surface area contributed by atoms with E-state index in [4.69, 9.17) is 12.6 Å². The normalized spacial score (nSPS) is 18.1. The van der Waals surface area contributed by atoms with Crippen molar-refractivity contribution in [3.63, 3.8) is 0 Å². The van der Waals surface area contributed by atoms with Crippen LogP contribution in [0.3, 0.4) is 0 Å². The highest BCUT2D eigenvalue weighted by molar-refractivity contribution is 6.32. The molecule has 0 aromatic heterocycles. The van der Waals surface area contributed by atoms with Gasteiger partial charge in [0.25, 0.3) is 0 Å². The molecule has 2 nitrogen and oxygen atoms in total. The second-order valence-corrected chi connectivity index (χ2v) is 3.11. The molecule has 0 fully saturated rings. The van der Waals surface area contributed by atoms with Crippen molar-refractivity contribution in [3.8, 4) is 5.75 Å². The topological polar surface area (TPSA) is 21.3 Å². The van der Waals surface area contributed by atoms with E-state index in [0.717, 1.165) is 23.5 Å². The van der Waals surface area contributed by atoms with Crippen molar-refractivity contribution in [2.45, 2.75) is 26.8 Å². The summed E-state index contributed by atoms with van der Waals surface area (Å²) in [6.45, 7) is 6.79. The summed E-state index contributed by atoms with van der Waals surface area (Å²) in [5.41, 5.74) is 1.76. The zero-order chi connectivity index (χ0) is 10.6. The fourth-order valence-electron chi connectivity index (χ4n) is 1.31. The van der Waals surface area contributed by atoms with Gasteiger partial charge in [-0.2, -0.15) is 0 Å². The van der Waals surface area contributed by atoms with Crippen molar-refractivity contribution in [1.82, 2.24) is 0 Å². The van der Waals surface area contributed by atoms with Crippen LogP contribution in [-0.4, -0.2) is 20.5 Å². The third-order valence-electron chi connectivity index (χ3n) is 1.89. The average molecular weight is 189 g/mol. The van der Waals surface area contributed by atoms with E-state index in [1.54, 1.807) is 0 Å². The van der Waals surface area contributed by atoms with Crippen molar-refractivity contribution >= 4 is 19.0 Å². The molecule has 1 aromatic rings. The van der Waals surface area contributed by atoms with Crippen molar-refractivity contribution in [2.75, 3.05) is 11.9 Å². The molecule has 0 aliphatic carbocycles. The molecule has 0 spiro atoms. The highest BCUT2D eigenvalue weighted by atomic mass is 16.5. The van der Waals surface area contributed by atoms with Crippen molar-refractivity contribution in [1.29, 1.82) is 0 Å². The maximum atomic E-state index is 5.63. The first kappa shape index (κ1) is 11.0. The summed E-state index contributed by atoms with van der Waals surface area (Å²) < 4.78 is 5.47. The number of nitrogens with one attached hydrogen (secondary N) is 1. The third kappa shape index (κ3) is 2.44. The zero-order valence-electron chi connectivity index (χ0n) is 9.00. The number of hydrogen-bond donors (Lipinski definition) is 1. The molecule has 1 aliphatic rings. The van der Waals surface area contributed by atoms with Gasteiger partial charge in [0.05, 0.1) is 11.7 Å². The van der Waals surface area contributed by atoms with Crippen LogP contribution in [0.25, 0.3) is 0 Å². The third-order valence-corrected chi connectivity index (χ3v) is 1.89. The fraction of sp³-hybridized carbons (Fsp3) is 0.455. The quantitative estimate of drug-likeness (QED) is 0.627. The predicted molar refractivity (Wildman–Crippen MR) is 61.8 cm³/mol. The van der Waals surface area contributed by atoms with Crippen molar-refractivity contribution in [2.24, 2.45) is 0 Å². The van der Waals surface area contributed by atoms with E-state index in [-0.39, 0.29) is 0 Å². The van der Waals surface area contributed by atoms with Gasteiger partial charge in [-0.05, 0) is 19.1 Å². The van der Waals surface area contributed by atoms with Crippen molar-refractivity contribution in [3.05, 3.63) is 18.2 Å². The number of hydrogen-bond acceptors (Lipinski definition) is 2. The highest BCUT2D eigenvalue weighted by Crippen LogP contribution is 2.26. The Morgan fingerprint density at radius 3 is 2.86 bits per heavy atom. The molecule has 74 valence electrons. The highest BCUT2D eigenvalue weighted by Gasteiger charge is 2.13. The summed E-state index contributed by atoms with van der Waals surface area (Å²) in [5, 5.41) is 3.30. The average Bonchev–Trinajstić information content (AvgIpc) is 2.20. The molecular weight excluding hydrogens is 173 g/mol. The second kappa shape index (κ2) is 4.94. The standard InChI is InChI=1S/C9H10BNO.C2H6/c1-6-5-12-9-3-2-7(10)4-8(9)11-6;1-2/h2-4,6,11H,5H2,1H3;1-2H3. The minimum absolute atomic E-state index is 0.360. The lowest BCUT2D eigenvalue weighted by molar-refractivity contribution is 0.292. The second-order valence-electron chi connectivity index (χ2n) is 3.11. The number of fused-ring (bicyclic) bond motifs is 1. The molecule has 1 atom stereocenters. The fourth-order valence-corrected chi connectivity index (χ4v) is 1.31. The van der Waals surface area contributed by atoms with Crippen LogP contribution in [0.4, 0.5) is 5.69 Å². The molecule has 0 amide bonds. The van der Waals surface area contributed by atoms with E-state index in [9.17, 15) is 0 Å². The van der Waals surface area contributed by atoms with Gasteiger partial charge in [0.2, 0.25) is 0 Å². The summed E-state index contributed by atoms with van der Waals surface area (Å²) in [7, 11) is 5.63. The number of benzene rings is 1. The van der Waals surface area contributed by atoms with Crippen molar-refractivity contribution < 1.29 is 4.74 Å². The Labute approximate surface area is 87.1 Å². The molecule has 2 radical (unpaired) electrons. The maximum Gasteiger partial charge on any atom is 0.142 e. The summed E-state index contributed by atoms with van der Waals surface area (Å²) in [5.74, 6) is 0.891. The van der Waals surface area contributed by atoms with Crippen LogP contribution in [0.2, 0.25) is 0 Å². The predicted octanol–water partition coefficient (Wildman–Crippen LogP) is 1.70. The molecule has 0 saturated heterocycles. The Balaban J connectivity index is 0.000000461. The minimum atomic E-state index is 0.360. The van der Waals surface area contributed by atoms with Gasteiger partial charge in [-0.15, -0.1) is 0 Å². The van der Waals surface area contributed by atoms with E-state index in [1.165, 1.54) is 0 Å².